The predicted octanol–water partition coefficient (Wildman–Crippen LogP) is -1.36. The molecule has 2 amide bonds. The largest absolute Gasteiger partial charge is 0.368 e. The third-order valence-electron chi connectivity index (χ3n) is 2.12. The molecule has 5 heteroatoms. The van der Waals surface area contributed by atoms with E-state index < -0.39 is 11.4 Å². The number of carbonyl (C=O) groups is 2. The highest BCUT2D eigenvalue weighted by Gasteiger charge is 2.38. The van der Waals surface area contributed by atoms with Gasteiger partial charge in [-0.05, 0) is 13.8 Å². The van der Waals surface area contributed by atoms with E-state index in [4.69, 9.17) is 5.73 Å². The second-order valence-corrected chi connectivity index (χ2v) is 3.33. The lowest BCUT2D eigenvalue weighted by Crippen LogP contribution is -2.54. The van der Waals surface area contributed by atoms with Gasteiger partial charge >= 0.3 is 0 Å². The van der Waals surface area contributed by atoms with E-state index in [2.05, 4.69) is 5.32 Å². The van der Waals surface area contributed by atoms with Crippen molar-refractivity contribution in [2.45, 2.75) is 19.4 Å². The Morgan fingerprint density at radius 1 is 1.67 bits per heavy atom. The fourth-order valence-corrected chi connectivity index (χ4v) is 1.10. The summed E-state index contributed by atoms with van der Waals surface area (Å²) < 4.78 is 0. The zero-order chi connectivity index (χ0) is 9.35. The van der Waals surface area contributed by atoms with Gasteiger partial charge in [-0.25, -0.2) is 0 Å². The summed E-state index contributed by atoms with van der Waals surface area (Å²) in [6.07, 6.45) is 0. The second kappa shape index (κ2) is 2.75. The molecule has 1 fully saturated rings. The maximum absolute atomic E-state index is 11.2. The quantitative estimate of drug-likeness (QED) is 0.538. The minimum absolute atomic E-state index is 0.0844. The number of primary amides is 1. The van der Waals surface area contributed by atoms with E-state index in [0.717, 1.165) is 0 Å². The highest BCUT2D eigenvalue weighted by molar-refractivity contribution is 5.91. The van der Waals surface area contributed by atoms with Crippen molar-refractivity contribution in [2.75, 3.05) is 13.2 Å². The van der Waals surface area contributed by atoms with Gasteiger partial charge in [0.15, 0.2) is 0 Å². The van der Waals surface area contributed by atoms with Crippen LogP contribution in [0.1, 0.15) is 13.8 Å². The van der Waals surface area contributed by atoms with Gasteiger partial charge in [-0.1, -0.05) is 0 Å². The second-order valence-electron chi connectivity index (χ2n) is 3.33. The molecule has 0 aromatic heterocycles. The minimum Gasteiger partial charge on any atom is -0.368 e. The van der Waals surface area contributed by atoms with Gasteiger partial charge in [0.1, 0.15) is 5.54 Å². The molecule has 1 aliphatic rings. The average molecular weight is 171 g/mol. The summed E-state index contributed by atoms with van der Waals surface area (Å²) in [5.74, 6) is -0.571. The molecule has 0 spiro atoms. The Kier molecular flexibility index (Phi) is 2.06. The zero-order valence-corrected chi connectivity index (χ0v) is 7.26. The van der Waals surface area contributed by atoms with Gasteiger partial charge in [-0.2, -0.15) is 0 Å². The molecule has 0 bridgehead atoms. The Labute approximate surface area is 70.9 Å². The molecule has 0 aromatic carbocycles. The molecule has 0 aromatic rings. The van der Waals surface area contributed by atoms with Gasteiger partial charge < -0.3 is 10.6 Å². The Morgan fingerprint density at radius 2 is 2.25 bits per heavy atom. The molecule has 1 rings (SSSR count). The first-order valence-electron chi connectivity index (χ1n) is 3.77. The minimum atomic E-state index is -0.888. The predicted molar refractivity (Wildman–Crippen MR) is 43.0 cm³/mol. The Hall–Kier alpha value is -1.10. The molecule has 0 radical (unpaired) electrons. The van der Waals surface area contributed by atoms with Crippen LogP contribution in [0.2, 0.25) is 0 Å². The summed E-state index contributed by atoms with van der Waals surface area (Å²) >= 11 is 0. The topological polar surface area (TPSA) is 75.4 Å². The van der Waals surface area contributed by atoms with Crippen LogP contribution in [0.25, 0.3) is 0 Å². The molecule has 5 nitrogen and oxygen atoms in total. The summed E-state index contributed by atoms with van der Waals surface area (Å²) in [4.78, 5) is 23.6. The Morgan fingerprint density at radius 3 is 2.58 bits per heavy atom. The van der Waals surface area contributed by atoms with Gasteiger partial charge in [-0.3, -0.25) is 14.9 Å². The van der Waals surface area contributed by atoms with Crippen molar-refractivity contribution in [3.05, 3.63) is 0 Å². The Bertz CT molecular complexity index is 225. The molecule has 1 aliphatic heterocycles. The molecule has 1 heterocycles. The number of nitrogens with zero attached hydrogens (tertiary/aromatic N) is 1. The van der Waals surface area contributed by atoms with Crippen LogP contribution >= 0.6 is 0 Å². The van der Waals surface area contributed by atoms with Gasteiger partial charge in [0.05, 0.1) is 13.2 Å². The Balaban J connectivity index is 2.80. The fraction of sp³-hybridized carbons (Fsp3) is 0.714. The maximum atomic E-state index is 11.2. The van der Waals surface area contributed by atoms with Crippen molar-refractivity contribution in [1.29, 1.82) is 0 Å². The normalized spacial score (nSPS) is 18.5. The number of carbonyl (C=O) groups excluding carboxylic acids is 2. The van der Waals surface area contributed by atoms with Crippen LogP contribution in [-0.2, 0) is 9.59 Å². The lowest BCUT2D eigenvalue weighted by molar-refractivity contribution is -0.140. The number of nitrogens with one attached hydrogen (secondary N) is 1. The number of rotatable bonds is 2. The summed E-state index contributed by atoms with van der Waals surface area (Å²) in [7, 11) is 0. The third kappa shape index (κ3) is 1.27. The van der Waals surface area contributed by atoms with Crippen molar-refractivity contribution in [3.8, 4) is 0 Å². The maximum Gasteiger partial charge on any atom is 0.242 e. The summed E-state index contributed by atoms with van der Waals surface area (Å²) in [6.45, 7) is 3.96. The van der Waals surface area contributed by atoms with Gasteiger partial charge in [0.2, 0.25) is 11.8 Å². The third-order valence-corrected chi connectivity index (χ3v) is 2.12. The molecule has 0 aliphatic carbocycles. The van der Waals surface area contributed by atoms with Crippen LogP contribution in [-0.4, -0.2) is 35.5 Å². The van der Waals surface area contributed by atoms with Crippen LogP contribution in [0, 0.1) is 0 Å². The van der Waals surface area contributed by atoms with Crippen LogP contribution in [0.4, 0.5) is 0 Å². The standard InChI is InChI=1S/C7H13N3O2/c1-7(2,6(8)12)10-4-9-3-5(10)11/h9H,3-4H2,1-2H3,(H2,8,12). The highest BCUT2D eigenvalue weighted by Crippen LogP contribution is 2.15. The molecule has 1 saturated heterocycles. The van der Waals surface area contributed by atoms with Crippen LogP contribution in [0.3, 0.4) is 0 Å². The molecule has 0 unspecified atom stereocenters. The van der Waals surface area contributed by atoms with Crippen LogP contribution in [0.15, 0.2) is 0 Å². The van der Waals surface area contributed by atoms with Gasteiger partial charge in [-0.15, -0.1) is 0 Å². The number of nitrogens with two attached hydrogens (primary N) is 1. The monoisotopic (exact) mass is 171 g/mol. The number of hydrogen-bond acceptors (Lipinski definition) is 3. The molecule has 0 saturated carbocycles. The van der Waals surface area contributed by atoms with Crippen molar-refractivity contribution in [1.82, 2.24) is 10.2 Å². The molecular formula is C7H13N3O2. The lowest BCUT2D eigenvalue weighted by Gasteiger charge is -2.31. The van der Waals surface area contributed by atoms with E-state index in [0.29, 0.717) is 6.67 Å². The number of amides is 2. The molecule has 0 atom stereocenters. The molecule has 3 N–H and O–H groups in total. The van der Waals surface area contributed by atoms with Crippen molar-refractivity contribution in [2.24, 2.45) is 5.73 Å². The SMILES string of the molecule is CC(C)(C(N)=O)N1CNCC1=O. The first kappa shape index (κ1) is 8.99. The van der Waals surface area contributed by atoms with Gasteiger partial charge in [0, 0.05) is 0 Å². The fourth-order valence-electron chi connectivity index (χ4n) is 1.10. The molecular weight excluding hydrogens is 158 g/mol. The van der Waals surface area contributed by atoms with E-state index in [9.17, 15) is 9.59 Å². The zero-order valence-electron chi connectivity index (χ0n) is 7.26. The van der Waals surface area contributed by atoms with Crippen molar-refractivity contribution < 1.29 is 9.59 Å². The van der Waals surface area contributed by atoms with Gasteiger partial charge in [0.25, 0.3) is 0 Å². The van der Waals surface area contributed by atoms with E-state index in [1.807, 2.05) is 0 Å². The molecule has 12 heavy (non-hydrogen) atoms. The summed E-state index contributed by atoms with van der Waals surface area (Å²) in [6, 6.07) is 0. The van der Waals surface area contributed by atoms with Crippen molar-refractivity contribution >= 4 is 11.8 Å². The van der Waals surface area contributed by atoms with Crippen LogP contribution in [0.5, 0.6) is 0 Å². The number of hydrogen-bond donors (Lipinski definition) is 2. The van der Waals surface area contributed by atoms with Crippen LogP contribution < -0.4 is 11.1 Å². The summed E-state index contributed by atoms with van der Waals surface area (Å²) in [5.41, 5.74) is 4.26. The van der Waals surface area contributed by atoms with E-state index in [1.54, 1.807) is 13.8 Å². The average Bonchev–Trinajstić information content (AvgIpc) is 2.35. The van der Waals surface area contributed by atoms with E-state index in [1.165, 1.54) is 4.90 Å². The summed E-state index contributed by atoms with van der Waals surface area (Å²) in [5, 5.41) is 2.85. The first-order valence-corrected chi connectivity index (χ1v) is 3.77. The van der Waals surface area contributed by atoms with E-state index in [-0.39, 0.29) is 12.5 Å². The first-order chi connectivity index (χ1) is 5.46. The highest BCUT2D eigenvalue weighted by atomic mass is 16.2. The lowest BCUT2D eigenvalue weighted by atomic mass is 10.0. The van der Waals surface area contributed by atoms with Crippen molar-refractivity contribution in [3.63, 3.8) is 0 Å². The smallest absolute Gasteiger partial charge is 0.242 e. The molecule has 68 valence electrons. The van der Waals surface area contributed by atoms with E-state index >= 15 is 0 Å².